The van der Waals surface area contributed by atoms with Crippen LogP contribution in [0.25, 0.3) is 10.9 Å². The highest BCUT2D eigenvalue weighted by Gasteiger charge is 2.16. The number of anilines is 3. The minimum atomic E-state index is 0.636. The normalized spacial score (nSPS) is 14.8. The molecular weight excluding hydrogens is 336 g/mol. The second-order valence-corrected chi connectivity index (χ2v) is 6.87. The maximum atomic E-state index is 5.51. The molecule has 5 heteroatoms. The molecule has 1 aliphatic rings. The maximum absolute atomic E-state index is 5.51. The molecule has 1 aliphatic heterocycles. The number of nitrogens with one attached hydrogen (secondary N) is 1. The molecular formula is C22H26N4O. The number of hydrogen-bond acceptors (Lipinski definition) is 5. The average molecular weight is 362 g/mol. The highest BCUT2D eigenvalue weighted by atomic mass is 16.5. The predicted octanol–water partition coefficient (Wildman–Crippen LogP) is 5.15. The van der Waals surface area contributed by atoms with Crippen LogP contribution in [-0.2, 0) is 0 Å². The van der Waals surface area contributed by atoms with Crippen LogP contribution < -0.4 is 15.0 Å². The lowest BCUT2D eigenvalue weighted by Crippen LogP contribution is -2.25. The number of hydrogen-bond donors (Lipinski definition) is 1. The van der Waals surface area contributed by atoms with Gasteiger partial charge in [0.05, 0.1) is 12.1 Å². The highest BCUT2D eigenvalue weighted by Crippen LogP contribution is 2.28. The van der Waals surface area contributed by atoms with E-state index in [0.29, 0.717) is 12.6 Å². The highest BCUT2D eigenvalue weighted by molar-refractivity contribution is 5.90. The fourth-order valence-corrected chi connectivity index (χ4v) is 3.57. The largest absolute Gasteiger partial charge is 0.494 e. The Morgan fingerprint density at radius 1 is 0.926 bits per heavy atom. The summed E-state index contributed by atoms with van der Waals surface area (Å²) in [7, 11) is 0. The molecule has 3 aromatic rings. The molecule has 140 valence electrons. The molecule has 0 saturated carbocycles. The van der Waals surface area contributed by atoms with E-state index in [1.807, 2.05) is 37.3 Å². The van der Waals surface area contributed by atoms with Gasteiger partial charge in [0.25, 0.3) is 0 Å². The Bertz CT molecular complexity index is 886. The summed E-state index contributed by atoms with van der Waals surface area (Å²) in [6.45, 7) is 4.77. The fraction of sp³-hybridized carbons (Fsp3) is 0.364. The van der Waals surface area contributed by atoms with Crippen LogP contribution in [-0.4, -0.2) is 29.7 Å². The van der Waals surface area contributed by atoms with Gasteiger partial charge < -0.3 is 15.0 Å². The van der Waals surface area contributed by atoms with E-state index in [1.54, 1.807) is 0 Å². The van der Waals surface area contributed by atoms with Gasteiger partial charge in [0.15, 0.2) is 0 Å². The second-order valence-electron chi connectivity index (χ2n) is 6.87. The molecule has 0 bridgehead atoms. The first-order valence-electron chi connectivity index (χ1n) is 9.85. The molecule has 2 aromatic carbocycles. The van der Waals surface area contributed by atoms with Gasteiger partial charge in [-0.05, 0) is 56.2 Å². The van der Waals surface area contributed by atoms with Gasteiger partial charge in [0.1, 0.15) is 11.6 Å². The van der Waals surface area contributed by atoms with E-state index in [-0.39, 0.29) is 0 Å². The second kappa shape index (κ2) is 8.25. The smallest absolute Gasteiger partial charge is 0.229 e. The predicted molar refractivity (Wildman–Crippen MR) is 111 cm³/mol. The van der Waals surface area contributed by atoms with Gasteiger partial charge in [0.2, 0.25) is 5.95 Å². The van der Waals surface area contributed by atoms with Crippen LogP contribution in [0.1, 0.15) is 32.6 Å². The molecule has 0 amide bonds. The van der Waals surface area contributed by atoms with E-state index >= 15 is 0 Å². The van der Waals surface area contributed by atoms with Gasteiger partial charge in [0, 0.05) is 24.2 Å². The van der Waals surface area contributed by atoms with Crippen molar-refractivity contribution < 1.29 is 4.74 Å². The first-order chi connectivity index (χ1) is 13.3. The van der Waals surface area contributed by atoms with E-state index in [2.05, 4.69) is 28.4 Å². The van der Waals surface area contributed by atoms with Crippen LogP contribution in [0.15, 0.2) is 48.5 Å². The minimum Gasteiger partial charge on any atom is -0.494 e. The number of nitrogens with zero attached hydrogens (tertiary/aromatic N) is 3. The van der Waals surface area contributed by atoms with E-state index in [9.17, 15) is 0 Å². The molecule has 4 rings (SSSR count). The zero-order valence-electron chi connectivity index (χ0n) is 15.8. The maximum Gasteiger partial charge on any atom is 0.229 e. The Balaban J connectivity index is 1.66. The number of ether oxygens (including phenoxy) is 1. The number of benzene rings is 2. The number of rotatable bonds is 5. The van der Waals surface area contributed by atoms with Crippen molar-refractivity contribution in [2.45, 2.75) is 32.6 Å². The van der Waals surface area contributed by atoms with Crippen molar-refractivity contribution in [3.63, 3.8) is 0 Å². The van der Waals surface area contributed by atoms with Crippen LogP contribution in [0.5, 0.6) is 5.75 Å². The van der Waals surface area contributed by atoms with Gasteiger partial charge in [-0.1, -0.05) is 25.0 Å². The van der Waals surface area contributed by atoms with Gasteiger partial charge >= 0.3 is 0 Å². The van der Waals surface area contributed by atoms with Gasteiger partial charge in [-0.3, -0.25) is 0 Å². The first-order valence-corrected chi connectivity index (χ1v) is 9.85. The number of aromatic nitrogens is 2. The molecule has 1 fully saturated rings. The van der Waals surface area contributed by atoms with Gasteiger partial charge in [-0.25, -0.2) is 4.98 Å². The zero-order chi connectivity index (χ0) is 18.5. The Morgan fingerprint density at radius 3 is 2.41 bits per heavy atom. The van der Waals surface area contributed by atoms with Crippen LogP contribution in [0.3, 0.4) is 0 Å². The van der Waals surface area contributed by atoms with Crippen molar-refractivity contribution in [2.24, 2.45) is 0 Å². The molecule has 0 unspecified atom stereocenters. The SMILES string of the molecule is CCOc1ccc(Nc2nc(N3CCCCCC3)c3ccccc3n2)cc1. The summed E-state index contributed by atoms with van der Waals surface area (Å²) in [5, 5.41) is 4.48. The minimum absolute atomic E-state index is 0.636. The monoisotopic (exact) mass is 362 g/mol. The molecule has 2 heterocycles. The molecule has 0 radical (unpaired) electrons. The Kier molecular flexibility index (Phi) is 5.37. The summed E-state index contributed by atoms with van der Waals surface area (Å²) in [5.41, 5.74) is 1.93. The van der Waals surface area contributed by atoms with Crippen LogP contribution >= 0.6 is 0 Å². The van der Waals surface area contributed by atoms with Gasteiger partial charge in [-0.2, -0.15) is 4.98 Å². The molecule has 1 N–H and O–H groups in total. The van der Waals surface area contributed by atoms with Crippen LogP contribution in [0.4, 0.5) is 17.5 Å². The summed E-state index contributed by atoms with van der Waals surface area (Å²) in [6, 6.07) is 16.2. The number of fused-ring (bicyclic) bond motifs is 1. The molecule has 0 aliphatic carbocycles. The topological polar surface area (TPSA) is 50.3 Å². The fourth-order valence-electron chi connectivity index (χ4n) is 3.57. The Labute approximate surface area is 160 Å². The lowest BCUT2D eigenvalue weighted by atomic mass is 10.2. The van der Waals surface area contributed by atoms with Crippen LogP contribution in [0.2, 0.25) is 0 Å². The quantitative estimate of drug-likeness (QED) is 0.680. The molecule has 0 spiro atoms. The van der Waals surface area contributed by atoms with Crippen molar-refractivity contribution >= 4 is 28.4 Å². The molecule has 1 saturated heterocycles. The summed E-state index contributed by atoms with van der Waals surface area (Å²) in [5.74, 6) is 2.54. The van der Waals surface area contributed by atoms with Crippen molar-refractivity contribution in [1.29, 1.82) is 0 Å². The third-order valence-corrected chi connectivity index (χ3v) is 4.91. The van der Waals surface area contributed by atoms with E-state index in [0.717, 1.165) is 41.2 Å². The van der Waals surface area contributed by atoms with Crippen molar-refractivity contribution in [2.75, 3.05) is 29.9 Å². The van der Waals surface area contributed by atoms with E-state index < -0.39 is 0 Å². The van der Waals surface area contributed by atoms with E-state index in [4.69, 9.17) is 14.7 Å². The lowest BCUT2D eigenvalue weighted by molar-refractivity contribution is 0.340. The lowest BCUT2D eigenvalue weighted by Gasteiger charge is -2.23. The van der Waals surface area contributed by atoms with Crippen LogP contribution in [0, 0.1) is 0 Å². The molecule has 0 atom stereocenters. The van der Waals surface area contributed by atoms with Crippen molar-refractivity contribution in [3.05, 3.63) is 48.5 Å². The first kappa shape index (κ1) is 17.6. The van der Waals surface area contributed by atoms with Crippen molar-refractivity contribution in [3.8, 4) is 5.75 Å². The summed E-state index contributed by atoms with van der Waals surface area (Å²) < 4.78 is 5.51. The Morgan fingerprint density at radius 2 is 1.67 bits per heavy atom. The third kappa shape index (κ3) is 4.13. The molecule has 5 nitrogen and oxygen atoms in total. The molecule has 27 heavy (non-hydrogen) atoms. The third-order valence-electron chi connectivity index (χ3n) is 4.91. The van der Waals surface area contributed by atoms with E-state index in [1.165, 1.54) is 25.7 Å². The standard InChI is InChI=1S/C22H26N4O/c1-2-27-18-13-11-17(12-14-18)23-22-24-20-10-6-5-9-19(20)21(25-22)26-15-7-3-4-8-16-26/h5-6,9-14H,2-4,7-8,15-16H2,1H3,(H,23,24,25). The summed E-state index contributed by atoms with van der Waals surface area (Å²) in [4.78, 5) is 12.0. The van der Waals surface area contributed by atoms with Gasteiger partial charge in [-0.15, -0.1) is 0 Å². The average Bonchev–Trinajstić information content (AvgIpc) is 2.98. The van der Waals surface area contributed by atoms with Crippen molar-refractivity contribution in [1.82, 2.24) is 9.97 Å². The summed E-state index contributed by atoms with van der Waals surface area (Å²) in [6.07, 6.45) is 5.05. The number of para-hydroxylation sites is 1. The summed E-state index contributed by atoms with van der Waals surface area (Å²) >= 11 is 0. The zero-order valence-corrected chi connectivity index (χ0v) is 15.8. The Hall–Kier alpha value is -2.82. The molecule has 1 aromatic heterocycles.